The average molecular weight is 478 g/mol. The molecule has 8 nitrogen and oxygen atoms in total. The van der Waals surface area contributed by atoms with Gasteiger partial charge >= 0.3 is 0 Å². The van der Waals surface area contributed by atoms with Crippen molar-refractivity contribution in [3.8, 4) is 17.4 Å². The van der Waals surface area contributed by atoms with Gasteiger partial charge in [-0.25, -0.2) is 0 Å². The number of nitrogens with one attached hydrogen (secondary N) is 2. The summed E-state index contributed by atoms with van der Waals surface area (Å²) in [4.78, 5) is 34.4. The van der Waals surface area contributed by atoms with Crippen LogP contribution in [0.3, 0.4) is 0 Å². The van der Waals surface area contributed by atoms with Crippen molar-refractivity contribution in [2.45, 2.75) is 25.2 Å². The molecular formula is C25H23N3O5S. The van der Waals surface area contributed by atoms with E-state index in [0.29, 0.717) is 24.2 Å². The van der Waals surface area contributed by atoms with Crippen LogP contribution in [0, 0.1) is 4.77 Å². The molecule has 4 N–H and O–H groups in total. The fourth-order valence-corrected chi connectivity index (χ4v) is 4.79. The molecular weight excluding hydrogens is 454 g/mol. The second-order valence-electron chi connectivity index (χ2n) is 8.39. The number of rotatable bonds is 3. The number of carbonyl (C=O) groups excluding carboxylic acids is 1. The maximum Gasteiger partial charge on any atom is 0.259 e. The first kappa shape index (κ1) is 22.0. The molecule has 0 bridgehead atoms. The molecule has 1 unspecified atom stereocenters. The molecule has 0 saturated carbocycles. The van der Waals surface area contributed by atoms with E-state index in [0.717, 1.165) is 19.3 Å². The zero-order valence-electron chi connectivity index (χ0n) is 18.2. The number of aromatic hydroxyl groups is 2. The van der Waals surface area contributed by atoms with Gasteiger partial charge in [-0.05, 0) is 61.3 Å². The molecule has 1 fully saturated rings. The minimum absolute atomic E-state index is 0.0576. The fraction of sp³-hybridized carbons (Fsp3) is 0.240. The number of fused-ring (bicyclic) bond motifs is 1. The Morgan fingerprint density at radius 3 is 2.41 bits per heavy atom. The fourth-order valence-electron chi connectivity index (χ4n) is 4.60. The number of phenols is 2. The van der Waals surface area contributed by atoms with Gasteiger partial charge in [-0.3, -0.25) is 14.6 Å². The number of phenolic OH excluding ortho intramolecular Hbond substituents is 2. The van der Waals surface area contributed by atoms with Gasteiger partial charge in [-0.15, -0.1) is 0 Å². The number of hydrogen-bond acceptors (Lipinski definition) is 6. The van der Waals surface area contributed by atoms with E-state index in [1.54, 1.807) is 35.2 Å². The van der Waals surface area contributed by atoms with Crippen LogP contribution in [0.2, 0.25) is 0 Å². The Kier molecular flexibility index (Phi) is 5.70. The van der Waals surface area contributed by atoms with E-state index in [-0.39, 0.29) is 45.0 Å². The molecule has 1 aromatic heterocycles. The number of aromatic amines is 2. The number of benzene rings is 2. The number of ether oxygens (including phenoxy) is 1. The van der Waals surface area contributed by atoms with Crippen LogP contribution in [0.25, 0.3) is 5.76 Å². The van der Waals surface area contributed by atoms with Crippen LogP contribution in [-0.2, 0) is 4.79 Å². The molecule has 0 spiro atoms. The summed E-state index contributed by atoms with van der Waals surface area (Å²) >= 11 is 5.16. The maximum absolute atomic E-state index is 14.0. The van der Waals surface area contributed by atoms with Gasteiger partial charge in [0.2, 0.25) is 5.88 Å². The number of likely N-dealkylation sites (tertiary alicyclic amines) is 1. The summed E-state index contributed by atoms with van der Waals surface area (Å²) in [5.74, 6) is -0.799. The molecule has 3 heterocycles. The smallest absolute Gasteiger partial charge is 0.259 e. The number of amides is 1. The van der Waals surface area contributed by atoms with Crippen molar-refractivity contribution in [1.82, 2.24) is 14.9 Å². The van der Waals surface area contributed by atoms with Crippen molar-refractivity contribution < 1.29 is 19.7 Å². The Balaban J connectivity index is 1.82. The Morgan fingerprint density at radius 1 is 1.00 bits per heavy atom. The highest BCUT2D eigenvalue weighted by atomic mass is 32.1. The molecule has 2 aliphatic heterocycles. The molecule has 1 atom stereocenters. The maximum atomic E-state index is 14.0. The molecule has 3 aromatic rings. The molecule has 2 aliphatic rings. The van der Waals surface area contributed by atoms with E-state index >= 15 is 0 Å². The monoisotopic (exact) mass is 477 g/mol. The standard InChI is InChI=1S/C25H23N3O5S/c29-15-10-8-14(9-11-15)18-19(24(32)28-12-4-1-5-13-28)21(16-6-2-3-7-17(16)30)33-23-20(18)22(31)26-25(34)27-23/h2-3,6-11,18,29-30H,1,4-5,12-13H2,(H2,26,27,31,34). The largest absolute Gasteiger partial charge is 0.508 e. The Bertz CT molecular complexity index is 1400. The van der Waals surface area contributed by atoms with E-state index in [9.17, 15) is 19.8 Å². The summed E-state index contributed by atoms with van der Waals surface area (Å²) in [6.45, 7) is 1.19. The normalized spacial score (nSPS) is 17.8. The van der Waals surface area contributed by atoms with Crippen LogP contribution < -0.4 is 10.3 Å². The minimum Gasteiger partial charge on any atom is -0.508 e. The predicted molar refractivity (Wildman–Crippen MR) is 128 cm³/mol. The lowest BCUT2D eigenvalue weighted by Gasteiger charge is -2.34. The first-order valence-electron chi connectivity index (χ1n) is 11.1. The van der Waals surface area contributed by atoms with E-state index < -0.39 is 11.5 Å². The van der Waals surface area contributed by atoms with Crippen LogP contribution >= 0.6 is 12.2 Å². The topological polar surface area (TPSA) is 119 Å². The van der Waals surface area contributed by atoms with Crippen LogP contribution in [0.1, 0.15) is 41.9 Å². The van der Waals surface area contributed by atoms with Gasteiger partial charge in [0.05, 0.1) is 22.6 Å². The molecule has 1 amide bonds. The van der Waals surface area contributed by atoms with Gasteiger partial charge in [0.15, 0.2) is 4.77 Å². The molecule has 5 rings (SSSR count). The van der Waals surface area contributed by atoms with Gasteiger partial charge in [0, 0.05) is 13.1 Å². The van der Waals surface area contributed by atoms with Gasteiger partial charge < -0.3 is 24.8 Å². The SMILES string of the molecule is O=C(C1=C(c2ccccc2O)Oc2[nH]c(=S)[nH]c(=O)c2C1c1ccc(O)cc1)N1CCCCC1. The number of para-hydroxylation sites is 1. The lowest BCUT2D eigenvalue weighted by Crippen LogP contribution is -2.40. The predicted octanol–water partition coefficient (Wildman–Crippen LogP) is 3.79. The summed E-state index contributed by atoms with van der Waals surface area (Å²) in [6.07, 6.45) is 2.83. The number of piperidine rings is 1. The van der Waals surface area contributed by atoms with Crippen molar-refractivity contribution >= 4 is 23.9 Å². The summed E-state index contributed by atoms with van der Waals surface area (Å²) in [6, 6.07) is 12.9. The number of H-pyrrole nitrogens is 2. The highest BCUT2D eigenvalue weighted by Crippen LogP contribution is 2.45. The van der Waals surface area contributed by atoms with E-state index in [4.69, 9.17) is 17.0 Å². The number of hydrogen-bond donors (Lipinski definition) is 4. The molecule has 174 valence electrons. The molecule has 0 aliphatic carbocycles. The van der Waals surface area contributed by atoms with Crippen molar-refractivity contribution in [1.29, 1.82) is 0 Å². The molecule has 0 radical (unpaired) electrons. The molecule has 34 heavy (non-hydrogen) atoms. The van der Waals surface area contributed by atoms with Crippen molar-refractivity contribution in [2.24, 2.45) is 0 Å². The molecule has 1 saturated heterocycles. The molecule has 2 aromatic carbocycles. The first-order valence-corrected chi connectivity index (χ1v) is 11.5. The Hall–Kier alpha value is -3.85. The first-order chi connectivity index (χ1) is 16.4. The zero-order chi connectivity index (χ0) is 23.8. The third-order valence-electron chi connectivity index (χ3n) is 6.22. The summed E-state index contributed by atoms with van der Waals surface area (Å²) in [5.41, 5.74) is 0.928. The van der Waals surface area contributed by atoms with Crippen molar-refractivity contribution in [2.75, 3.05) is 13.1 Å². The van der Waals surface area contributed by atoms with Gasteiger partial charge in [0.1, 0.15) is 17.3 Å². The third-order valence-corrected chi connectivity index (χ3v) is 6.42. The van der Waals surface area contributed by atoms with E-state index in [2.05, 4.69) is 9.97 Å². The summed E-state index contributed by atoms with van der Waals surface area (Å²) < 4.78 is 6.22. The van der Waals surface area contributed by atoms with Gasteiger partial charge in [-0.2, -0.15) is 0 Å². The van der Waals surface area contributed by atoms with Crippen molar-refractivity contribution in [3.63, 3.8) is 0 Å². The van der Waals surface area contributed by atoms with Crippen LogP contribution in [0.5, 0.6) is 17.4 Å². The van der Waals surface area contributed by atoms with Crippen LogP contribution in [-0.4, -0.2) is 44.1 Å². The lowest BCUT2D eigenvalue weighted by molar-refractivity contribution is -0.128. The quantitative estimate of drug-likeness (QED) is 0.426. The summed E-state index contributed by atoms with van der Waals surface area (Å²) in [5, 5.41) is 20.5. The Labute approximate surface area is 200 Å². The second-order valence-corrected chi connectivity index (χ2v) is 8.80. The number of carbonyl (C=O) groups is 1. The third kappa shape index (κ3) is 3.88. The van der Waals surface area contributed by atoms with Crippen LogP contribution in [0.15, 0.2) is 58.9 Å². The second kappa shape index (κ2) is 8.83. The minimum atomic E-state index is -0.816. The highest BCUT2D eigenvalue weighted by molar-refractivity contribution is 7.71. The van der Waals surface area contributed by atoms with Crippen molar-refractivity contribution in [3.05, 3.63) is 85.9 Å². The van der Waals surface area contributed by atoms with E-state index in [1.807, 2.05) is 0 Å². The lowest BCUT2D eigenvalue weighted by atomic mass is 9.81. The van der Waals surface area contributed by atoms with Gasteiger partial charge in [0.25, 0.3) is 11.5 Å². The molecule has 9 heteroatoms. The number of nitrogens with zero attached hydrogens (tertiary/aromatic N) is 1. The highest BCUT2D eigenvalue weighted by Gasteiger charge is 2.40. The number of aromatic nitrogens is 2. The van der Waals surface area contributed by atoms with E-state index in [1.165, 1.54) is 18.2 Å². The van der Waals surface area contributed by atoms with Crippen LogP contribution in [0.4, 0.5) is 0 Å². The van der Waals surface area contributed by atoms with Gasteiger partial charge in [-0.1, -0.05) is 24.3 Å². The zero-order valence-corrected chi connectivity index (χ0v) is 19.0. The Morgan fingerprint density at radius 2 is 1.71 bits per heavy atom. The summed E-state index contributed by atoms with van der Waals surface area (Å²) in [7, 11) is 0. The average Bonchev–Trinajstić information content (AvgIpc) is 2.84.